The van der Waals surface area contributed by atoms with Crippen molar-refractivity contribution in [2.24, 2.45) is 0 Å². The molecule has 8 heteroatoms. The Hall–Kier alpha value is -1.67. The molecule has 6 nitrogen and oxygen atoms in total. The van der Waals surface area contributed by atoms with Crippen LogP contribution >= 0.6 is 0 Å². The molecule has 2 amide bonds. The number of rotatable bonds is 6. The summed E-state index contributed by atoms with van der Waals surface area (Å²) in [4.78, 5) is 11.7. The van der Waals surface area contributed by atoms with Crippen molar-refractivity contribution >= 4 is 15.9 Å². The Morgan fingerprint density at radius 3 is 2.83 bits per heavy atom. The number of halogens is 1. The average molecular weight is 344 g/mol. The molecular formula is C15H21FN2O4S. The number of sulfone groups is 1. The molecule has 2 rings (SSSR count). The summed E-state index contributed by atoms with van der Waals surface area (Å²) in [6.07, 6.45) is 1.23. The van der Waals surface area contributed by atoms with Gasteiger partial charge in [-0.15, -0.1) is 0 Å². The summed E-state index contributed by atoms with van der Waals surface area (Å²) >= 11 is 0. The van der Waals surface area contributed by atoms with Crippen LogP contribution in [0.4, 0.5) is 9.18 Å². The zero-order chi connectivity index (χ0) is 16.9. The third-order valence-corrected chi connectivity index (χ3v) is 6.09. The molecule has 0 aliphatic carbocycles. The molecule has 1 aliphatic heterocycles. The number of amides is 2. The van der Waals surface area contributed by atoms with E-state index in [-0.39, 0.29) is 31.3 Å². The van der Waals surface area contributed by atoms with Crippen LogP contribution in [0.25, 0.3) is 0 Å². The van der Waals surface area contributed by atoms with E-state index in [9.17, 15) is 17.6 Å². The minimum absolute atomic E-state index is 0.118. The number of urea groups is 1. The quantitative estimate of drug-likeness (QED) is 0.816. The molecule has 0 bridgehead atoms. The van der Waals surface area contributed by atoms with Crippen LogP contribution in [0.2, 0.25) is 0 Å². The van der Waals surface area contributed by atoms with E-state index in [0.29, 0.717) is 18.4 Å². The Kier molecular flexibility index (Phi) is 5.95. The Morgan fingerprint density at radius 2 is 2.17 bits per heavy atom. The molecule has 23 heavy (non-hydrogen) atoms. The second kappa shape index (κ2) is 7.74. The van der Waals surface area contributed by atoms with E-state index in [1.807, 2.05) is 0 Å². The van der Waals surface area contributed by atoms with Gasteiger partial charge in [0.15, 0.2) is 9.84 Å². The van der Waals surface area contributed by atoms with Gasteiger partial charge in [0, 0.05) is 25.8 Å². The summed E-state index contributed by atoms with van der Waals surface area (Å²) in [5.74, 6) is -0.162. The SMILES string of the molecule is COCc1cc(CNC(=O)NCC2CCCS2(=O)=O)ccc1F. The average Bonchev–Trinajstić information content (AvgIpc) is 2.84. The van der Waals surface area contributed by atoms with Crippen LogP contribution in [0.3, 0.4) is 0 Å². The van der Waals surface area contributed by atoms with Gasteiger partial charge in [0.1, 0.15) is 5.82 Å². The standard InChI is InChI=1S/C15H21FN2O4S/c1-22-10-12-7-11(4-5-14(12)16)8-17-15(19)18-9-13-3-2-6-23(13,20)21/h4-5,7,13H,2-3,6,8-10H2,1H3,(H2,17,18,19). The van der Waals surface area contributed by atoms with Crippen molar-refractivity contribution in [3.8, 4) is 0 Å². The molecule has 1 fully saturated rings. The van der Waals surface area contributed by atoms with E-state index in [1.165, 1.54) is 13.2 Å². The smallest absolute Gasteiger partial charge is 0.315 e. The highest BCUT2D eigenvalue weighted by molar-refractivity contribution is 7.92. The molecule has 0 saturated carbocycles. The number of methoxy groups -OCH3 is 1. The first-order valence-corrected chi connectivity index (χ1v) is 9.13. The van der Waals surface area contributed by atoms with Crippen molar-refractivity contribution < 1.29 is 22.3 Å². The number of nitrogens with one attached hydrogen (secondary N) is 2. The molecule has 0 aromatic heterocycles. The van der Waals surface area contributed by atoms with Gasteiger partial charge in [0.2, 0.25) is 0 Å². The Balaban J connectivity index is 1.81. The summed E-state index contributed by atoms with van der Waals surface area (Å²) in [5, 5.41) is 4.71. The highest BCUT2D eigenvalue weighted by Gasteiger charge is 2.31. The Morgan fingerprint density at radius 1 is 1.39 bits per heavy atom. The molecule has 2 N–H and O–H groups in total. The van der Waals surface area contributed by atoms with Crippen LogP contribution in [0, 0.1) is 5.82 Å². The number of hydrogen-bond donors (Lipinski definition) is 2. The van der Waals surface area contributed by atoms with Crippen LogP contribution in [0.15, 0.2) is 18.2 Å². The first kappa shape index (κ1) is 17.7. The van der Waals surface area contributed by atoms with E-state index in [2.05, 4.69) is 10.6 Å². The monoisotopic (exact) mass is 344 g/mol. The highest BCUT2D eigenvalue weighted by Crippen LogP contribution is 2.19. The highest BCUT2D eigenvalue weighted by atomic mass is 32.2. The second-order valence-electron chi connectivity index (χ2n) is 5.55. The van der Waals surface area contributed by atoms with E-state index >= 15 is 0 Å². The Labute approximate surface area is 135 Å². The zero-order valence-corrected chi connectivity index (χ0v) is 13.8. The molecule has 1 unspecified atom stereocenters. The van der Waals surface area contributed by atoms with Gasteiger partial charge in [-0.2, -0.15) is 0 Å². The maximum Gasteiger partial charge on any atom is 0.315 e. The van der Waals surface area contributed by atoms with Crippen molar-refractivity contribution in [2.75, 3.05) is 19.4 Å². The fraction of sp³-hybridized carbons (Fsp3) is 0.533. The van der Waals surface area contributed by atoms with Crippen LogP contribution in [-0.2, 0) is 27.7 Å². The van der Waals surface area contributed by atoms with Gasteiger partial charge in [0.25, 0.3) is 0 Å². The van der Waals surface area contributed by atoms with Gasteiger partial charge in [-0.1, -0.05) is 6.07 Å². The molecule has 0 spiro atoms. The minimum Gasteiger partial charge on any atom is -0.380 e. The maximum absolute atomic E-state index is 13.5. The molecule has 1 atom stereocenters. The van der Waals surface area contributed by atoms with Gasteiger partial charge in [-0.3, -0.25) is 0 Å². The summed E-state index contributed by atoms with van der Waals surface area (Å²) < 4.78 is 41.7. The van der Waals surface area contributed by atoms with Crippen molar-refractivity contribution in [3.05, 3.63) is 35.1 Å². The molecule has 1 aliphatic rings. The van der Waals surface area contributed by atoms with Gasteiger partial charge in [-0.05, 0) is 30.5 Å². The van der Waals surface area contributed by atoms with Crippen molar-refractivity contribution in [1.82, 2.24) is 10.6 Å². The predicted octanol–water partition coefficient (Wildman–Crippen LogP) is 1.35. The normalized spacial score (nSPS) is 19.5. The molecule has 128 valence electrons. The summed E-state index contributed by atoms with van der Waals surface area (Å²) in [7, 11) is -1.58. The molecule has 0 radical (unpaired) electrons. The van der Waals surface area contributed by atoms with E-state index in [0.717, 1.165) is 5.56 Å². The van der Waals surface area contributed by atoms with Crippen molar-refractivity contribution in [2.45, 2.75) is 31.2 Å². The second-order valence-corrected chi connectivity index (χ2v) is 7.95. The van der Waals surface area contributed by atoms with Gasteiger partial charge in [0.05, 0.1) is 17.6 Å². The molecule has 1 aromatic rings. The predicted molar refractivity (Wildman–Crippen MR) is 84.2 cm³/mol. The van der Waals surface area contributed by atoms with Crippen LogP contribution in [0.5, 0.6) is 0 Å². The number of hydrogen-bond acceptors (Lipinski definition) is 4. The van der Waals surface area contributed by atoms with Crippen molar-refractivity contribution in [3.63, 3.8) is 0 Å². The largest absolute Gasteiger partial charge is 0.380 e. The van der Waals surface area contributed by atoms with Gasteiger partial charge >= 0.3 is 6.03 Å². The van der Waals surface area contributed by atoms with E-state index in [1.54, 1.807) is 12.1 Å². The third kappa shape index (κ3) is 4.90. The zero-order valence-electron chi connectivity index (χ0n) is 13.0. The lowest BCUT2D eigenvalue weighted by molar-refractivity contribution is 0.181. The van der Waals surface area contributed by atoms with Crippen LogP contribution in [0.1, 0.15) is 24.0 Å². The number of ether oxygens (including phenoxy) is 1. The topological polar surface area (TPSA) is 84.5 Å². The fourth-order valence-corrected chi connectivity index (χ4v) is 4.31. The lowest BCUT2D eigenvalue weighted by Crippen LogP contribution is -2.40. The third-order valence-electron chi connectivity index (χ3n) is 3.82. The number of carbonyl (C=O) groups is 1. The summed E-state index contributed by atoms with van der Waals surface area (Å²) in [6.45, 7) is 0.498. The maximum atomic E-state index is 13.5. The summed E-state index contributed by atoms with van der Waals surface area (Å²) in [6, 6.07) is 4.09. The van der Waals surface area contributed by atoms with E-state index < -0.39 is 21.1 Å². The van der Waals surface area contributed by atoms with Gasteiger partial charge in [-0.25, -0.2) is 17.6 Å². The molecular weight excluding hydrogens is 323 g/mol. The molecule has 1 heterocycles. The van der Waals surface area contributed by atoms with E-state index in [4.69, 9.17) is 4.74 Å². The minimum atomic E-state index is -3.06. The number of benzene rings is 1. The summed E-state index contributed by atoms with van der Waals surface area (Å²) in [5.41, 5.74) is 1.16. The first-order chi connectivity index (χ1) is 10.9. The molecule has 1 aromatic carbocycles. The lowest BCUT2D eigenvalue weighted by Gasteiger charge is -2.12. The van der Waals surface area contributed by atoms with Crippen LogP contribution in [-0.4, -0.2) is 39.1 Å². The van der Waals surface area contributed by atoms with Gasteiger partial charge < -0.3 is 15.4 Å². The fourth-order valence-electron chi connectivity index (χ4n) is 2.54. The molecule has 1 saturated heterocycles. The van der Waals surface area contributed by atoms with Crippen molar-refractivity contribution in [1.29, 1.82) is 0 Å². The van der Waals surface area contributed by atoms with Crippen LogP contribution < -0.4 is 10.6 Å². The first-order valence-electron chi connectivity index (χ1n) is 7.42. The lowest BCUT2D eigenvalue weighted by atomic mass is 10.1. The Bertz CT molecular complexity index is 663. The number of carbonyl (C=O) groups excluding carboxylic acids is 1.